The zero-order chi connectivity index (χ0) is 20.1. The van der Waals surface area contributed by atoms with Crippen LogP contribution in [0.3, 0.4) is 0 Å². The van der Waals surface area contributed by atoms with Crippen LogP contribution in [0.5, 0.6) is 0 Å². The highest BCUT2D eigenvalue weighted by Gasteiger charge is 2.21. The summed E-state index contributed by atoms with van der Waals surface area (Å²) in [6, 6.07) is 10.3. The number of aromatic nitrogens is 6. The zero-order valence-corrected chi connectivity index (χ0v) is 17.3. The average Bonchev–Trinajstić information content (AvgIpc) is 3.43. The van der Waals surface area contributed by atoms with Gasteiger partial charge in [-0.2, -0.15) is 5.10 Å². The molecule has 1 amide bonds. The van der Waals surface area contributed by atoms with Crippen molar-refractivity contribution in [1.29, 1.82) is 0 Å². The lowest BCUT2D eigenvalue weighted by atomic mass is 9.96. The van der Waals surface area contributed by atoms with Gasteiger partial charge in [-0.05, 0) is 35.4 Å². The Kier molecular flexibility index (Phi) is 6.24. The number of tetrazole rings is 1. The van der Waals surface area contributed by atoms with Crippen molar-refractivity contribution < 1.29 is 4.79 Å². The molecule has 0 N–H and O–H groups in total. The number of amides is 1. The van der Waals surface area contributed by atoms with E-state index in [2.05, 4.69) is 20.6 Å². The number of rotatable bonds is 7. The molecule has 3 aromatic rings. The first-order valence-electron chi connectivity index (χ1n) is 9.94. The molecule has 0 saturated heterocycles. The van der Waals surface area contributed by atoms with Gasteiger partial charge in [0.15, 0.2) is 0 Å². The molecule has 1 aromatic carbocycles. The molecule has 4 rings (SSSR count). The first kappa shape index (κ1) is 19.6. The van der Waals surface area contributed by atoms with Gasteiger partial charge in [0.1, 0.15) is 0 Å². The van der Waals surface area contributed by atoms with Crippen molar-refractivity contribution in [3.8, 4) is 5.69 Å². The third-order valence-electron chi connectivity index (χ3n) is 5.21. The van der Waals surface area contributed by atoms with Gasteiger partial charge in [0.2, 0.25) is 11.1 Å². The number of nitrogens with zero attached hydrogens (tertiary/aromatic N) is 7. The number of hydrogen-bond acceptors (Lipinski definition) is 6. The van der Waals surface area contributed by atoms with Crippen molar-refractivity contribution in [2.45, 2.75) is 49.8 Å². The highest BCUT2D eigenvalue weighted by Crippen LogP contribution is 2.30. The summed E-state index contributed by atoms with van der Waals surface area (Å²) in [7, 11) is 1.81. The number of benzene rings is 1. The van der Waals surface area contributed by atoms with E-state index in [4.69, 9.17) is 0 Å². The van der Waals surface area contributed by atoms with Crippen LogP contribution >= 0.6 is 11.8 Å². The van der Waals surface area contributed by atoms with Crippen LogP contribution in [-0.2, 0) is 11.3 Å². The lowest BCUT2D eigenvalue weighted by Gasteiger charge is -2.22. The smallest absolute Gasteiger partial charge is 0.233 e. The summed E-state index contributed by atoms with van der Waals surface area (Å²) in [5.41, 5.74) is 1.99. The number of carbonyl (C=O) groups excluding carboxylic acids is 1. The molecule has 0 aliphatic heterocycles. The Morgan fingerprint density at radius 1 is 1.21 bits per heavy atom. The van der Waals surface area contributed by atoms with Crippen LogP contribution in [0.25, 0.3) is 5.69 Å². The van der Waals surface area contributed by atoms with Crippen molar-refractivity contribution in [2.24, 2.45) is 0 Å². The molecule has 0 atom stereocenters. The first-order valence-corrected chi connectivity index (χ1v) is 10.9. The maximum absolute atomic E-state index is 12.6. The molecule has 9 heteroatoms. The Morgan fingerprint density at radius 3 is 2.79 bits per heavy atom. The molecule has 0 radical (unpaired) electrons. The van der Waals surface area contributed by atoms with Gasteiger partial charge in [-0.25, -0.2) is 9.36 Å². The summed E-state index contributed by atoms with van der Waals surface area (Å²) in [6.07, 6.45) is 9.68. The van der Waals surface area contributed by atoms with Gasteiger partial charge in [0.25, 0.3) is 0 Å². The van der Waals surface area contributed by atoms with Gasteiger partial charge in [-0.15, -0.1) is 5.10 Å². The van der Waals surface area contributed by atoms with Gasteiger partial charge in [0, 0.05) is 25.4 Å². The van der Waals surface area contributed by atoms with Crippen molar-refractivity contribution in [2.75, 3.05) is 12.8 Å². The first-order chi connectivity index (χ1) is 14.2. The normalized spacial score (nSPS) is 14.8. The second-order valence-electron chi connectivity index (χ2n) is 7.37. The van der Waals surface area contributed by atoms with E-state index in [1.165, 1.54) is 31.0 Å². The number of carbonyl (C=O) groups is 1. The van der Waals surface area contributed by atoms with Gasteiger partial charge in [-0.1, -0.05) is 49.2 Å². The molecule has 8 nitrogen and oxygen atoms in total. The van der Waals surface area contributed by atoms with Crippen molar-refractivity contribution in [3.63, 3.8) is 0 Å². The third-order valence-corrected chi connectivity index (χ3v) is 6.13. The molecular weight excluding hydrogens is 386 g/mol. The molecular formula is C20H25N7OS. The molecule has 2 aromatic heterocycles. The highest BCUT2D eigenvalue weighted by molar-refractivity contribution is 7.99. The minimum atomic E-state index is 0.0423. The average molecular weight is 412 g/mol. The van der Waals surface area contributed by atoms with Crippen molar-refractivity contribution >= 4 is 17.7 Å². The largest absolute Gasteiger partial charge is 0.341 e. The summed E-state index contributed by atoms with van der Waals surface area (Å²) in [6.45, 7) is 0.514. The summed E-state index contributed by atoms with van der Waals surface area (Å²) < 4.78 is 3.72. The lowest BCUT2D eigenvalue weighted by molar-refractivity contribution is -0.127. The van der Waals surface area contributed by atoms with Crippen LogP contribution in [0.1, 0.15) is 43.7 Å². The Bertz CT molecular complexity index is 933. The fourth-order valence-electron chi connectivity index (χ4n) is 3.60. The van der Waals surface area contributed by atoms with Gasteiger partial charge in [-0.3, -0.25) is 4.79 Å². The number of para-hydroxylation sites is 1. The predicted octanol–water partition coefficient (Wildman–Crippen LogP) is 3.11. The fraction of sp³-hybridized carbons (Fsp3) is 0.450. The Hall–Kier alpha value is -2.68. The summed E-state index contributed by atoms with van der Waals surface area (Å²) in [5.74, 6) is 0.358. The highest BCUT2D eigenvalue weighted by atomic mass is 32.2. The van der Waals surface area contributed by atoms with E-state index >= 15 is 0 Å². The van der Waals surface area contributed by atoms with E-state index in [1.54, 1.807) is 11.1 Å². The molecule has 1 fully saturated rings. The molecule has 29 heavy (non-hydrogen) atoms. The Morgan fingerprint density at radius 2 is 2.00 bits per heavy atom. The maximum atomic E-state index is 12.6. The molecule has 0 bridgehead atoms. The number of hydrogen-bond donors (Lipinski definition) is 0. The van der Waals surface area contributed by atoms with Crippen molar-refractivity contribution in [1.82, 2.24) is 34.9 Å². The lowest BCUT2D eigenvalue weighted by Crippen LogP contribution is -2.28. The molecule has 152 valence electrons. The fourth-order valence-corrected chi connectivity index (χ4v) is 4.48. The van der Waals surface area contributed by atoms with Crippen LogP contribution in [0, 0.1) is 0 Å². The molecule has 1 aliphatic rings. The minimum Gasteiger partial charge on any atom is -0.341 e. The van der Waals surface area contributed by atoms with Gasteiger partial charge in [0.05, 0.1) is 23.7 Å². The van der Waals surface area contributed by atoms with Crippen LogP contribution in [0.15, 0.2) is 47.9 Å². The Balaban J connectivity index is 1.32. The molecule has 0 unspecified atom stereocenters. The second-order valence-corrected chi connectivity index (χ2v) is 8.31. The van der Waals surface area contributed by atoms with Crippen LogP contribution in [0.4, 0.5) is 0 Å². The van der Waals surface area contributed by atoms with E-state index in [9.17, 15) is 4.79 Å². The molecule has 1 aliphatic carbocycles. The predicted molar refractivity (Wildman–Crippen MR) is 111 cm³/mol. The molecule has 2 heterocycles. The quantitative estimate of drug-likeness (QED) is 0.556. The molecule has 0 spiro atoms. The zero-order valence-electron chi connectivity index (χ0n) is 16.5. The monoisotopic (exact) mass is 411 g/mol. The third kappa shape index (κ3) is 4.84. The van der Waals surface area contributed by atoms with Crippen LogP contribution < -0.4 is 0 Å². The van der Waals surface area contributed by atoms with E-state index in [1.807, 2.05) is 52.9 Å². The summed E-state index contributed by atoms with van der Waals surface area (Å²) in [4.78, 5) is 14.3. The van der Waals surface area contributed by atoms with E-state index in [-0.39, 0.29) is 5.91 Å². The molecule has 1 saturated carbocycles. The van der Waals surface area contributed by atoms with E-state index in [0.29, 0.717) is 18.3 Å². The standard InChI is InChI=1S/C20H25N7OS/c1-25(13-16-12-21-26(14-16)17-8-4-2-5-9-17)19(28)15-29-20-22-23-24-27(20)18-10-6-3-7-11-18/h2,4-5,8-9,12,14,18H,3,6-7,10-11,13,15H2,1H3. The van der Waals surface area contributed by atoms with Gasteiger partial charge < -0.3 is 4.90 Å². The summed E-state index contributed by atoms with van der Waals surface area (Å²) >= 11 is 1.41. The van der Waals surface area contributed by atoms with Gasteiger partial charge >= 0.3 is 0 Å². The number of thioether (sulfide) groups is 1. The maximum Gasteiger partial charge on any atom is 0.233 e. The second kappa shape index (κ2) is 9.21. The topological polar surface area (TPSA) is 81.7 Å². The van der Waals surface area contributed by atoms with Crippen molar-refractivity contribution in [3.05, 3.63) is 48.3 Å². The van der Waals surface area contributed by atoms with E-state index < -0.39 is 0 Å². The Labute approximate surface area is 174 Å². The van der Waals surface area contributed by atoms with E-state index in [0.717, 1.165) is 29.2 Å². The minimum absolute atomic E-state index is 0.0423. The van der Waals surface area contributed by atoms with Crippen LogP contribution in [0.2, 0.25) is 0 Å². The SMILES string of the molecule is CN(Cc1cnn(-c2ccccc2)c1)C(=O)CSc1nnnn1C1CCCCC1. The summed E-state index contributed by atoms with van der Waals surface area (Å²) in [5, 5.41) is 17.2. The van der Waals surface area contributed by atoms with Crippen LogP contribution in [-0.4, -0.2) is 53.6 Å².